The number of para-hydroxylation sites is 1. The quantitative estimate of drug-likeness (QED) is 0.245. The molecule has 0 saturated carbocycles. The Morgan fingerprint density at radius 3 is 2.40 bits per heavy atom. The Labute approximate surface area is 179 Å². The molecule has 0 spiro atoms. The molecule has 0 radical (unpaired) electrons. The van der Waals surface area contributed by atoms with Crippen molar-refractivity contribution in [1.82, 2.24) is 14.8 Å². The van der Waals surface area contributed by atoms with Crippen molar-refractivity contribution >= 4 is 17.7 Å². The lowest BCUT2D eigenvalue weighted by Crippen LogP contribution is -2.11. The summed E-state index contributed by atoms with van der Waals surface area (Å²) in [6, 6.07) is 25.4. The van der Waals surface area contributed by atoms with Crippen LogP contribution in [0.1, 0.15) is 11.1 Å². The lowest BCUT2D eigenvalue weighted by atomic mass is 10.1. The van der Waals surface area contributed by atoms with Gasteiger partial charge >= 0.3 is 5.97 Å². The van der Waals surface area contributed by atoms with Crippen molar-refractivity contribution in [2.24, 2.45) is 0 Å². The van der Waals surface area contributed by atoms with Crippen molar-refractivity contribution in [2.75, 3.05) is 5.75 Å². The molecule has 0 amide bonds. The number of hydrogen-bond donors (Lipinski definition) is 0. The highest BCUT2D eigenvalue weighted by molar-refractivity contribution is 7.99. The maximum absolute atomic E-state index is 12.3. The van der Waals surface area contributed by atoms with Gasteiger partial charge in [0.05, 0.1) is 5.75 Å². The molecule has 5 nitrogen and oxygen atoms in total. The fraction of sp³-hybridized carbons (Fsp3) is 0.125. The molecule has 0 unspecified atom stereocenters. The lowest BCUT2D eigenvalue weighted by molar-refractivity contribution is -0.131. The van der Waals surface area contributed by atoms with Crippen LogP contribution in [0.15, 0.2) is 84.0 Å². The van der Waals surface area contributed by atoms with Gasteiger partial charge in [0.1, 0.15) is 5.75 Å². The molecule has 30 heavy (non-hydrogen) atoms. The van der Waals surface area contributed by atoms with Gasteiger partial charge in [0, 0.05) is 11.3 Å². The molecular formula is C24H21N3O2S. The summed E-state index contributed by atoms with van der Waals surface area (Å²) in [4.78, 5) is 12.3. The molecule has 150 valence electrons. The van der Waals surface area contributed by atoms with E-state index in [2.05, 4.69) is 16.3 Å². The topological polar surface area (TPSA) is 57.0 Å². The highest BCUT2D eigenvalue weighted by Gasteiger charge is 2.18. The van der Waals surface area contributed by atoms with Crippen molar-refractivity contribution < 1.29 is 9.53 Å². The predicted octanol–water partition coefficient (Wildman–Crippen LogP) is 5.25. The second-order valence-corrected chi connectivity index (χ2v) is 7.86. The molecule has 0 N–H and O–H groups in total. The van der Waals surface area contributed by atoms with Gasteiger partial charge in [0.15, 0.2) is 11.0 Å². The van der Waals surface area contributed by atoms with Gasteiger partial charge < -0.3 is 4.74 Å². The van der Waals surface area contributed by atoms with Gasteiger partial charge in [0.25, 0.3) is 0 Å². The van der Waals surface area contributed by atoms with Crippen LogP contribution in [0.5, 0.6) is 5.75 Å². The maximum Gasteiger partial charge on any atom is 0.321 e. The number of carbonyl (C=O) groups is 1. The van der Waals surface area contributed by atoms with E-state index in [-0.39, 0.29) is 11.7 Å². The first-order chi connectivity index (χ1) is 14.6. The first-order valence-electron chi connectivity index (χ1n) is 9.58. The molecule has 0 atom stereocenters. The summed E-state index contributed by atoms with van der Waals surface area (Å²) < 4.78 is 7.40. The van der Waals surface area contributed by atoms with Crippen LogP contribution in [0.3, 0.4) is 0 Å². The van der Waals surface area contributed by atoms with E-state index in [0.717, 1.165) is 28.2 Å². The zero-order valence-corrected chi connectivity index (χ0v) is 17.6. The van der Waals surface area contributed by atoms with Crippen LogP contribution in [0.2, 0.25) is 0 Å². The van der Waals surface area contributed by atoms with Crippen LogP contribution < -0.4 is 4.74 Å². The van der Waals surface area contributed by atoms with E-state index < -0.39 is 0 Å². The Morgan fingerprint density at radius 1 is 0.900 bits per heavy atom. The largest absolute Gasteiger partial charge is 0.426 e. The maximum atomic E-state index is 12.3. The van der Waals surface area contributed by atoms with E-state index in [0.29, 0.717) is 10.9 Å². The molecule has 1 aromatic heterocycles. The van der Waals surface area contributed by atoms with E-state index >= 15 is 0 Å². The first kappa shape index (κ1) is 19.9. The molecule has 4 aromatic rings. The third-order valence-electron chi connectivity index (χ3n) is 4.50. The smallest absolute Gasteiger partial charge is 0.321 e. The fourth-order valence-corrected chi connectivity index (χ4v) is 3.76. The number of esters is 1. The third kappa shape index (κ3) is 4.60. The number of aryl methyl sites for hydroxylation is 2. The van der Waals surface area contributed by atoms with Crippen LogP contribution in [0, 0.1) is 13.8 Å². The van der Waals surface area contributed by atoms with Crippen molar-refractivity contribution in [1.29, 1.82) is 0 Å². The minimum absolute atomic E-state index is 0.132. The summed E-state index contributed by atoms with van der Waals surface area (Å²) in [7, 11) is 0. The number of nitrogens with zero attached hydrogens (tertiary/aromatic N) is 3. The number of carbonyl (C=O) groups excluding carboxylic acids is 1. The molecule has 0 saturated heterocycles. The fourth-order valence-electron chi connectivity index (χ4n) is 3.04. The van der Waals surface area contributed by atoms with E-state index in [1.807, 2.05) is 79.1 Å². The van der Waals surface area contributed by atoms with Crippen molar-refractivity contribution in [3.63, 3.8) is 0 Å². The minimum Gasteiger partial charge on any atom is -0.426 e. The summed E-state index contributed by atoms with van der Waals surface area (Å²) in [6.07, 6.45) is 0. The molecule has 0 aliphatic heterocycles. The van der Waals surface area contributed by atoms with Crippen molar-refractivity contribution in [3.8, 4) is 22.8 Å². The van der Waals surface area contributed by atoms with Gasteiger partial charge in [0.2, 0.25) is 0 Å². The van der Waals surface area contributed by atoms with Gasteiger partial charge in [-0.15, -0.1) is 10.2 Å². The van der Waals surface area contributed by atoms with Gasteiger partial charge in [-0.25, -0.2) is 0 Å². The predicted molar refractivity (Wildman–Crippen MR) is 119 cm³/mol. The summed E-state index contributed by atoms with van der Waals surface area (Å²) >= 11 is 1.31. The molecule has 3 aromatic carbocycles. The Hall–Kier alpha value is -3.38. The number of aromatic nitrogens is 3. The first-order valence-corrected chi connectivity index (χ1v) is 10.6. The average molecular weight is 416 g/mol. The number of thioether (sulfide) groups is 1. The molecule has 0 aliphatic rings. The molecule has 0 aliphatic carbocycles. The van der Waals surface area contributed by atoms with Crippen LogP contribution in [-0.4, -0.2) is 26.5 Å². The van der Waals surface area contributed by atoms with Gasteiger partial charge in [-0.3, -0.25) is 9.36 Å². The molecule has 4 rings (SSSR count). The molecule has 0 bridgehead atoms. The number of rotatable bonds is 6. The van der Waals surface area contributed by atoms with Crippen molar-refractivity contribution in [3.05, 3.63) is 90.0 Å². The lowest BCUT2D eigenvalue weighted by Gasteiger charge is -2.10. The van der Waals surface area contributed by atoms with E-state index in [1.54, 1.807) is 12.1 Å². The highest BCUT2D eigenvalue weighted by atomic mass is 32.2. The standard InChI is InChI=1S/C24H21N3O2S/c1-17-11-13-21(14-12-17)29-22(28)16-30-24-26-25-23(19-8-6-7-18(2)15-19)27(24)20-9-4-3-5-10-20/h3-15H,16H2,1-2H3. The summed E-state index contributed by atoms with van der Waals surface area (Å²) in [5.74, 6) is 1.08. The monoisotopic (exact) mass is 415 g/mol. The number of benzene rings is 3. The van der Waals surface area contributed by atoms with Gasteiger partial charge in [-0.2, -0.15) is 0 Å². The summed E-state index contributed by atoms with van der Waals surface area (Å²) in [5.41, 5.74) is 4.17. The molecule has 0 fully saturated rings. The average Bonchev–Trinajstić information content (AvgIpc) is 3.19. The van der Waals surface area contributed by atoms with Crippen LogP contribution in [-0.2, 0) is 4.79 Å². The Balaban J connectivity index is 1.58. The number of ether oxygens (including phenoxy) is 1. The van der Waals surface area contributed by atoms with Crippen LogP contribution in [0.4, 0.5) is 0 Å². The van der Waals surface area contributed by atoms with Gasteiger partial charge in [-0.1, -0.05) is 71.4 Å². The van der Waals surface area contributed by atoms with E-state index in [1.165, 1.54) is 11.8 Å². The van der Waals surface area contributed by atoms with Crippen molar-refractivity contribution in [2.45, 2.75) is 19.0 Å². The van der Waals surface area contributed by atoms with Gasteiger partial charge in [-0.05, 0) is 44.2 Å². The van der Waals surface area contributed by atoms with Crippen LogP contribution in [0.25, 0.3) is 17.1 Å². The Bertz CT molecular complexity index is 1150. The third-order valence-corrected chi connectivity index (χ3v) is 5.40. The second kappa shape index (κ2) is 8.97. The van der Waals surface area contributed by atoms with E-state index in [4.69, 9.17) is 4.74 Å². The zero-order valence-electron chi connectivity index (χ0n) is 16.8. The summed E-state index contributed by atoms with van der Waals surface area (Å²) in [6.45, 7) is 4.03. The van der Waals surface area contributed by atoms with Crippen LogP contribution >= 0.6 is 11.8 Å². The normalized spacial score (nSPS) is 10.7. The highest BCUT2D eigenvalue weighted by Crippen LogP contribution is 2.28. The SMILES string of the molecule is Cc1ccc(OC(=O)CSc2nnc(-c3cccc(C)c3)n2-c2ccccc2)cc1. The molecular weight excluding hydrogens is 394 g/mol. The second-order valence-electron chi connectivity index (χ2n) is 6.92. The number of hydrogen-bond acceptors (Lipinski definition) is 5. The van der Waals surface area contributed by atoms with E-state index in [9.17, 15) is 4.79 Å². The summed E-state index contributed by atoms with van der Waals surface area (Å²) in [5, 5.41) is 9.41. The Morgan fingerprint density at radius 2 is 1.67 bits per heavy atom. The Kier molecular flexibility index (Phi) is 5.95. The minimum atomic E-state index is -0.330. The molecule has 1 heterocycles. The molecule has 6 heteroatoms. The zero-order chi connectivity index (χ0) is 20.9.